The van der Waals surface area contributed by atoms with Gasteiger partial charge < -0.3 is 15.4 Å². The summed E-state index contributed by atoms with van der Waals surface area (Å²) in [4.78, 5) is 29.9. The number of hydrogen-bond acceptors (Lipinski definition) is 4. The maximum Gasteiger partial charge on any atom is 0.257 e. The fourth-order valence-electron chi connectivity index (χ4n) is 3.55. The fraction of sp³-hybridized carbons (Fsp3) is 0.261. The summed E-state index contributed by atoms with van der Waals surface area (Å²) in [5.74, 6) is -1.04. The number of amides is 2. The highest BCUT2D eigenvalue weighted by molar-refractivity contribution is 6.10. The molecule has 6 nitrogen and oxygen atoms in total. The lowest BCUT2D eigenvalue weighted by molar-refractivity contribution is 0.0858. The number of rotatable bonds is 5. The van der Waals surface area contributed by atoms with E-state index < -0.39 is 0 Å². The molecule has 1 saturated heterocycles. The molecule has 1 aliphatic rings. The monoisotopic (exact) mass is 407 g/mol. The van der Waals surface area contributed by atoms with Crippen LogP contribution in [0, 0.1) is 12.7 Å². The molecule has 30 heavy (non-hydrogen) atoms. The molecule has 0 spiro atoms. The number of pyridine rings is 1. The van der Waals surface area contributed by atoms with E-state index in [4.69, 9.17) is 4.74 Å². The largest absolute Gasteiger partial charge is 0.376 e. The molecule has 154 valence electrons. The van der Waals surface area contributed by atoms with Crippen LogP contribution in [0.5, 0.6) is 0 Å². The summed E-state index contributed by atoms with van der Waals surface area (Å²) in [5, 5.41) is 6.34. The van der Waals surface area contributed by atoms with Crippen LogP contribution in [-0.2, 0) is 4.74 Å². The van der Waals surface area contributed by atoms with Crippen molar-refractivity contribution in [2.75, 3.05) is 18.5 Å². The molecule has 0 radical (unpaired) electrons. The van der Waals surface area contributed by atoms with Crippen molar-refractivity contribution in [2.24, 2.45) is 0 Å². The number of nitrogens with one attached hydrogen (secondary N) is 2. The second kappa shape index (κ2) is 8.59. The lowest BCUT2D eigenvalue weighted by atomic mass is 10.1. The van der Waals surface area contributed by atoms with Crippen LogP contribution < -0.4 is 10.6 Å². The lowest BCUT2D eigenvalue weighted by Crippen LogP contribution is -2.32. The van der Waals surface area contributed by atoms with E-state index in [1.54, 1.807) is 43.3 Å². The Bertz CT molecular complexity index is 1110. The van der Waals surface area contributed by atoms with Gasteiger partial charge in [0.1, 0.15) is 5.82 Å². The zero-order valence-electron chi connectivity index (χ0n) is 16.6. The molecule has 1 fully saturated rings. The minimum absolute atomic E-state index is 0.0341. The number of benzene rings is 2. The van der Waals surface area contributed by atoms with E-state index in [0.29, 0.717) is 40.0 Å². The number of carbonyl (C=O) groups is 2. The van der Waals surface area contributed by atoms with Gasteiger partial charge in [-0.15, -0.1) is 0 Å². The van der Waals surface area contributed by atoms with Crippen LogP contribution in [0.3, 0.4) is 0 Å². The predicted octanol–water partition coefficient (Wildman–Crippen LogP) is 3.84. The first-order chi connectivity index (χ1) is 14.5. The van der Waals surface area contributed by atoms with Crippen LogP contribution in [0.4, 0.5) is 10.1 Å². The van der Waals surface area contributed by atoms with Crippen LogP contribution >= 0.6 is 0 Å². The van der Waals surface area contributed by atoms with Crippen molar-refractivity contribution in [1.82, 2.24) is 10.3 Å². The molecule has 0 bridgehead atoms. The van der Waals surface area contributed by atoms with Gasteiger partial charge in [0.25, 0.3) is 11.8 Å². The van der Waals surface area contributed by atoms with Gasteiger partial charge in [-0.3, -0.25) is 14.6 Å². The Morgan fingerprint density at radius 1 is 1.13 bits per heavy atom. The standard InChI is InChI=1S/C23H22FN3O3/c1-14-19(11-15-8-9-16(24)12-21(15)26-14)23(29)27-20-7-3-2-6-18(20)22(28)25-13-17-5-4-10-30-17/h2-3,6-9,11-12,17H,4-5,10,13H2,1H3,(H,25,28)(H,27,29). The molecule has 1 atom stereocenters. The predicted molar refractivity (Wildman–Crippen MR) is 112 cm³/mol. The van der Waals surface area contributed by atoms with Gasteiger partial charge in [-0.25, -0.2) is 4.39 Å². The molecule has 0 saturated carbocycles. The molecule has 1 aromatic heterocycles. The highest BCUT2D eigenvalue weighted by Crippen LogP contribution is 2.21. The van der Waals surface area contributed by atoms with E-state index >= 15 is 0 Å². The van der Waals surface area contributed by atoms with Gasteiger partial charge in [0.15, 0.2) is 0 Å². The summed E-state index contributed by atoms with van der Waals surface area (Å²) >= 11 is 0. The topological polar surface area (TPSA) is 80.3 Å². The van der Waals surface area contributed by atoms with Crippen molar-refractivity contribution in [1.29, 1.82) is 0 Å². The van der Waals surface area contributed by atoms with Crippen molar-refractivity contribution < 1.29 is 18.7 Å². The lowest BCUT2D eigenvalue weighted by Gasteiger charge is -2.14. The number of halogens is 1. The molecular weight excluding hydrogens is 385 g/mol. The Morgan fingerprint density at radius 2 is 1.97 bits per heavy atom. The van der Waals surface area contributed by atoms with Gasteiger partial charge in [-0.05, 0) is 50.1 Å². The van der Waals surface area contributed by atoms with E-state index in [-0.39, 0.29) is 23.7 Å². The number of ether oxygens (including phenoxy) is 1. The molecule has 3 aromatic rings. The smallest absolute Gasteiger partial charge is 0.257 e. The van der Waals surface area contributed by atoms with Crippen LogP contribution in [-0.4, -0.2) is 36.1 Å². The van der Waals surface area contributed by atoms with Crippen molar-refractivity contribution in [2.45, 2.75) is 25.9 Å². The molecule has 2 heterocycles. The summed E-state index contributed by atoms with van der Waals surface area (Å²) in [7, 11) is 0. The summed E-state index contributed by atoms with van der Waals surface area (Å²) < 4.78 is 19.0. The molecule has 4 rings (SSSR count). The van der Waals surface area contributed by atoms with Crippen molar-refractivity contribution in [3.05, 3.63) is 71.2 Å². The van der Waals surface area contributed by atoms with Crippen LogP contribution in [0.1, 0.15) is 39.3 Å². The summed E-state index contributed by atoms with van der Waals surface area (Å²) in [6.45, 7) is 2.85. The van der Waals surface area contributed by atoms with Gasteiger partial charge >= 0.3 is 0 Å². The van der Waals surface area contributed by atoms with Crippen molar-refractivity contribution >= 4 is 28.4 Å². The van der Waals surface area contributed by atoms with Gasteiger partial charge in [0.2, 0.25) is 0 Å². The normalized spacial score (nSPS) is 15.9. The second-order valence-electron chi connectivity index (χ2n) is 7.30. The molecule has 2 aromatic carbocycles. The average Bonchev–Trinajstić information content (AvgIpc) is 3.25. The maximum atomic E-state index is 13.4. The Kier molecular flexibility index (Phi) is 5.72. The zero-order chi connectivity index (χ0) is 21.1. The highest BCUT2D eigenvalue weighted by Gasteiger charge is 2.19. The number of para-hydroxylation sites is 1. The first-order valence-electron chi connectivity index (χ1n) is 9.88. The third-order valence-electron chi connectivity index (χ3n) is 5.15. The number of hydrogen-bond donors (Lipinski definition) is 2. The number of carbonyl (C=O) groups excluding carboxylic acids is 2. The van der Waals surface area contributed by atoms with E-state index in [1.165, 1.54) is 12.1 Å². The van der Waals surface area contributed by atoms with Gasteiger partial charge in [0, 0.05) is 24.6 Å². The molecule has 2 amide bonds. The number of anilines is 1. The number of aryl methyl sites for hydroxylation is 1. The SMILES string of the molecule is Cc1nc2cc(F)ccc2cc1C(=O)Nc1ccccc1C(=O)NCC1CCCO1. The molecule has 2 N–H and O–H groups in total. The third-order valence-corrected chi connectivity index (χ3v) is 5.15. The minimum atomic E-state index is -0.384. The molecule has 7 heteroatoms. The van der Waals surface area contributed by atoms with Gasteiger partial charge in [-0.1, -0.05) is 12.1 Å². The Labute approximate surface area is 173 Å². The maximum absolute atomic E-state index is 13.4. The third kappa shape index (κ3) is 4.31. The quantitative estimate of drug-likeness (QED) is 0.673. The minimum Gasteiger partial charge on any atom is -0.376 e. The second-order valence-corrected chi connectivity index (χ2v) is 7.30. The molecule has 1 aliphatic heterocycles. The summed E-state index contributed by atoms with van der Waals surface area (Å²) in [6.07, 6.45) is 1.96. The highest BCUT2D eigenvalue weighted by atomic mass is 19.1. The molecule has 0 aliphatic carbocycles. The van der Waals surface area contributed by atoms with Crippen LogP contribution in [0.2, 0.25) is 0 Å². The van der Waals surface area contributed by atoms with E-state index in [9.17, 15) is 14.0 Å². The summed E-state index contributed by atoms with van der Waals surface area (Å²) in [6, 6.07) is 12.8. The van der Waals surface area contributed by atoms with Crippen LogP contribution in [0.15, 0.2) is 48.5 Å². The van der Waals surface area contributed by atoms with Gasteiger partial charge in [0.05, 0.1) is 34.1 Å². The zero-order valence-corrected chi connectivity index (χ0v) is 16.6. The van der Waals surface area contributed by atoms with E-state index in [0.717, 1.165) is 19.4 Å². The van der Waals surface area contributed by atoms with E-state index in [1.807, 2.05) is 0 Å². The average molecular weight is 407 g/mol. The first kappa shape index (κ1) is 20.0. The van der Waals surface area contributed by atoms with Crippen molar-refractivity contribution in [3.8, 4) is 0 Å². The molecule has 1 unspecified atom stereocenters. The fourth-order valence-corrected chi connectivity index (χ4v) is 3.55. The number of aromatic nitrogens is 1. The van der Waals surface area contributed by atoms with Crippen LogP contribution in [0.25, 0.3) is 10.9 Å². The number of fused-ring (bicyclic) bond motifs is 1. The Balaban J connectivity index is 1.53. The Morgan fingerprint density at radius 3 is 2.77 bits per heavy atom. The van der Waals surface area contributed by atoms with Gasteiger partial charge in [-0.2, -0.15) is 0 Å². The summed E-state index contributed by atoms with van der Waals surface area (Å²) in [5.41, 5.74) is 2.11. The molecular formula is C23H22FN3O3. The Hall–Kier alpha value is -3.32. The first-order valence-corrected chi connectivity index (χ1v) is 9.88. The van der Waals surface area contributed by atoms with Crippen molar-refractivity contribution in [3.63, 3.8) is 0 Å². The van der Waals surface area contributed by atoms with E-state index in [2.05, 4.69) is 15.6 Å². The number of nitrogens with zero attached hydrogens (tertiary/aromatic N) is 1.